The summed E-state index contributed by atoms with van der Waals surface area (Å²) in [5.41, 5.74) is 0.876. The molecule has 0 aromatic carbocycles. The predicted octanol–water partition coefficient (Wildman–Crippen LogP) is 0.808. The highest BCUT2D eigenvalue weighted by atomic mass is 16.6. The molecule has 1 N–H and O–H groups in total. The second-order valence-electron chi connectivity index (χ2n) is 3.91. The van der Waals surface area contributed by atoms with Gasteiger partial charge in [-0.05, 0) is 22.4 Å². The number of hydrogen-bond acceptors (Lipinski definition) is 5. The molecule has 1 aromatic rings. The molecule has 1 saturated heterocycles. The van der Waals surface area contributed by atoms with Crippen molar-refractivity contribution < 1.29 is 10.0 Å². The van der Waals surface area contributed by atoms with Gasteiger partial charge in [-0.25, -0.2) is 0 Å². The van der Waals surface area contributed by atoms with Crippen molar-refractivity contribution in [2.24, 2.45) is 5.92 Å². The minimum Gasteiger partial charge on any atom is -0.396 e. The van der Waals surface area contributed by atoms with Crippen LogP contribution in [0, 0.1) is 16.0 Å². The summed E-state index contributed by atoms with van der Waals surface area (Å²) in [6.07, 6.45) is 2.46. The van der Waals surface area contributed by atoms with Crippen LogP contribution in [-0.4, -0.2) is 34.7 Å². The third-order valence-electron chi connectivity index (χ3n) is 2.83. The first-order valence-corrected chi connectivity index (χ1v) is 5.17. The number of nitro groups is 1. The molecule has 1 aromatic heterocycles. The van der Waals surface area contributed by atoms with Gasteiger partial charge in [-0.3, -0.25) is 0 Å². The molecule has 6 nitrogen and oxygen atoms in total. The van der Waals surface area contributed by atoms with Crippen molar-refractivity contribution in [1.82, 2.24) is 4.98 Å². The molecular weight excluding hydrogens is 210 g/mol. The Balaban J connectivity index is 2.08. The third kappa shape index (κ3) is 2.11. The monoisotopic (exact) mass is 223 g/mol. The zero-order valence-electron chi connectivity index (χ0n) is 8.74. The van der Waals surface area contributed by atoms with Crippen molar-refractivity contribution in [3.8, 4) is 0 Å². The Morgan fingerprint density at radius 2 is 2.44 bits per heavy atom. The van der Waals surface area contributed by atoms with Crippen LogP contribution in [0.3, 0.4) is 0 Å². The lowest BCUT2D eigenvalue weighted by Crippen LogP contribution is -2.20. The molecule has 0 aliphatic carbocycles. The molecule has 1 aliphatic heterocycles. The molecule has 1 unspecified atom stereocenters. The molecule has 0 bridgehead atoms. The van der Waals surface area contributed by atoms with Gasteiger partial charge in [0.05, 0.1) is 5.69 Å². The van der Waals surface area contributed by atoms with Crippen LogP contribution < -0.4 is 4.90 Å². The summed E-state index contributed by atoms with van der Waals surface area (Å²) in [5.74, 6) is 0.164. The molecule has 1 aliphatic rings. The van der Waals surface area contributed by atoms with E-state index in [9.17, 15) is 10.1 Å². The number of hydrogen-bond donors (Lipinski definition) is 1. The summed E-state index contributed by atoms with van der Waals surface area (Å²) in [4.78, 5) is 15.8. The molecule has 0 spiro atoms. The lowest BCUT2D eigenvalue weighted by atomic mass is 10.1. The van der Waals surface area contributed by atoms with Crippen molar-refractivity contribution in [3.05, 3.63) is 28.4 Å². The van der Waals surface area contributed by atoms with E-state index in [-0.39, 0.29) is 12.4 Å². The van der Waals surface area contributed by atoms with Crippen LogP contribution >= 0.6 is 0 Å². The summed E-state index contributed by atoms with van der Waals surface area (Å²) < 4.78 is 0. The van der Waals surface area contributed by atoms with Crippen molar-refractivity contribution in [2.45, 2.75) is 6.42 Å². The minimum atomic E-state index is -0.510. The average Bonchev–Trinajstić information content (AvgIpc) is 2.77. The van der Waals surface area contributed by atoms with E-state index in [1.807, 2.05) is 0 Å². The summed E-state index contributed by atoms with van der Waals surface area (Å²) in [6.45, 7) is 1.84. The highest BCUT2D eigenvalue weighted by Crippen LogP contribution is 2.23. The fraction of sp³-hybridized carbons (Fsp3) is 0.500. The minimum absolute atomic E-state index is 0.137. The molecular formula is C10H13N3O3. The average molecular weight is 223 g/mol. The maximum absolute atomic E-state index is 10.4. The standard InChI is InChI=1S/C10H13N3O3/c14-7-8-3-4-12(6-8)9-1-2-10(11-5-9)13(15)16/h1-2,5,8,14H,3-4,6-7H2. The van der Waals surface area contributed by atoms with Gasteiger partial charge >= 0.3 is 5.82 Å². The van der Waals surface area contributed by atoms with E-state index in [0.717, 1.165) is 25.2 Å². The van der Waals surface area contributed by atoms with Gasteiger partial charge < -0.3 is 20.1 Å². The van der Waals surface area contributed by atoms with Crippen molar-refractivity contribution in [3.63, 3.8) is 0 Å². The van der Waals surface area contributed by atoms with Gasteiger partial charge in [0.15, 0.2) is 6.20 Å². The third-order valence-corrected chi connectivity index (χ3v) is 2.83. The van der Waals surface area contributed by atoms with Crippen LogP contribution in [0.1, 0.15) is 6.42 Å². The number of aliphatic hydroxyl groups excluding tert-OH is 1. The Bertz CT molecular complexity index is 379. The topological polar surface area (TPSA) is 79.5 Å². The van der Waals surface area contributed by atoms with Gasteiger partial charge in [0.25, 0.3) is 0 Å². The molecule has 2 rings (SSSR count). The Morgan fingerprint density at radius 1 is 1.62 bits per heavy atom. The van der Waals surface area contributed by atoms with Gasteiger partial charge in [0.2, 0.25) is 0 Å². The highest BCUT2D eigenvalue weighted by molar-refractivity contribution is 5.47. The van der Waals surface area contributed by atoms with Gasteiger partial charge in [-0.2, -0.15) is 0 Å². The number of anilines is 1. The maximum atomic E-state index is 10.4. The fourth-order valence-electron chi connectivity index (χ4n) is 1.89. The van der Waals surface area contributed by atoms with Crippen molar-refractivity contribution in [1.29, 1.82) is 0 Å². The number of aliphatic hydroxyl groups is 1. The van der Waals surface area contributed by atoms with Crippen LogP contribution in [0.15, 0.2) is 18.3 Å². The number of pyridine rings is 1. The molecule has 0 saturated carbocycles. The van der Waals surface area contributed by atoms with Crippen LogP contribution in [0.5, 0.6) is 0 Å². The van der Waals surface area contributed by atoms with Crippen molar-refractivity contribution >= 4 is 11.5 Å². The van der Waals surface area contributed by atoms with Crippen molar-refractivity contribution in [2.75, 3.05) is 24.6 Å². The van der Waals surface area contributed by atoms with Gasteiger partial charge in [0.1, 0.15) is 0 Å². The van der Waals surface area contributed by atoms with Crippen LogP contribution in [0.2, 0.25) is 0 Å². The SMILES string of the molecule is O=[N+]([O-])c1ccc(N2CCC(CO)C2)cn1. The molecule has 1 atom stereocenters. The Morgan fingerprint density at radius 3 is 2.94 bits per heavy atom. The summed E-state index contributed by atoms with van der Waals surface area (Å²) in [5, 5.41) is 19.4. The van der Waals surface area contributed by atoms with E-state index in [2.05, 4.69) is 9.88 Å². The van der Waals surface area contributed by atoms with E-state index in [0.29, 0.717) is 5.92 Å². The predicted molar refractivity (Wildman–Crippen MR) is 58.3 cm³/mol. The van der Waals surface area contributed by atoms with Gasteiger partial charge in [-0.15, -0.1) is 0 Å². The summed E-state index contributed by atoms with van der Waals surface area (Å²) in [6, 6.07) is 3.10. The Kier molecular flexibility index (Phi) is 3.00. The first-order chi connectivity index (χ1) is 7.70. The van der Waals surface area contributed by atoms with Crippen LogP contribution in [0.4, 0.5) is 11.5 Å². The van der Waals surface area contributed by atoms with E-state index in [4.69, 9.17) is 5.11 Å². The second-order valence-corrected chi connectivity index (χ2v) is 3.91. The molecule has 0 radical (unpaired) electrons. The number of nitrogens with zero attached hydrogens (tertiary/aromatic N) is 3. The lowest BCUT2D eigenvalue weighted by molar-refractivity contribution is -0.389. The molecule has 1 fully saturated rings. The highest BCUT2D eigenvalue weighted by Gasteiger charge is 2.23. The first-order valence-electron chi connectivity index (χ1n) is 5.17. The van der Waals surface area contributed by atoms with Crippen LogP contribution in [-0.2, 0) is 0 Å². The summed E-state index contributed by atoms with van der Waals surface area (Å²) >= 11 is 0. The molecule has 86 valence electrons. The van der Waals surface area contributed by atoms with E-state index in [1.165, 1.54) is 12.3 Å². The normalized spacial score (nSPS) is 20.1. The Hall–Kier alpha value is -1.69. The van der Waals surface area contributed by atoms with E-state index < -0.39 is 4.92 Å². The quantitative estimate of drug-likeness (QED) is 0.605. The number of aromatic nitrogens is 1. The molecule has 2 heterocycles. The zero-order valence-corrected chi connectivity index (χ0v) is 8.74. The zero-order chi connectivity index (χ0) is 11.5. The second kappa shape index (κ2) is 4.44. The molecule has 0 amide bonds. The number of rotatable bonds is 3. The Labute approximate surface area is 92.7 Å². The summed E-state index contributed by atoms with van der Waals surface area (Å²) in [7, 11) is 0. The van der Waals surface area contributed by atoms with Crippen LogP contribution in [0.25, 0.3) is 0 Å². The largest absolute Gasteiger partial charge is 0.396 e. The lowest BCUT2D eigenvalue weighted by Gasteiger charge is -2.16. The smallest absolute Gasteiger partial charge is 0.363 e. The van der Waals surface area contributed by atoms with E-state index >= 15 is 0 Å². The maximum Gasteiger partial charge on any atom is 0.363 e. The fourth-order valence-corrected chi connectivity index (χ4v) is 1.89. The van der Waals surface area contributed by atoms with E-state index in [1.54, 1.807) is 6.07 Å². The molecule has 16 heavy (non-hydrogen) atoms. The first kappa shape index (κ1) is 10.8. The van der Waals surface area contributed by atoms with Gasteiger partial charge in [0, 0.05) is 31.7 Å². The van der Waals surface area contributed by atoms with Gasteiger partial charge in [-0.1, -0.05) is 0 Å². The molecule has 6 heteroatoms.